The highest BCUT2D eigenvalue weighted by Gasteiger charge is 2.23. The van der Waals surface area contributed by atoms with Crippen LogP contribution < -0.4 is 5.43 Å². The van der Waals surface area contributed by atoms with E-state index in [4.69, 9.17) is 5.11 Å². The predicted molar refractivity (Wildman–Crippen MR) is 53.1 cm³/mol. The summed E-state index contributed by atoms with van der Waals surface area (Å²) in [5, 5.41) is 9.71. The van der Waals surface area contributed by atoms with Crippen LogP contribution in [0.15, 0.2) is 24.3 Å². The molecule has 0 atom stereocenters. The van der Waals surface area contributed by atoms with Gasteiger partial charge < -0.3 is 5.11 Å². The maximum Gasteiger partial charge on any atom is 0.325 e. The highest BCUT2D eigenvalue weighted by Crippen LogP contribution is 2.21. The first-order chi connectivity index (χ1) is 7.16. The van der Waals surface area contributed by atoms with Gasteiger partial charge in [-0.3, -0.25) is 15.0 Å². The van der Waals surface area contributed by atoms with Gasteiger partial charge in [-0.2, -0.15) is 0 Å². The third-order valence-corrected chi connectivity index (χ3v) is 2.21. The number of amides is 1. The zero-order chi connectivity index (χ0) is 10.8. The Morgan fingerprint density at radius 1 is 1.47 bits per heavy atom. The second-order valence-electron chi connectivity index (χ2n) is 3.32. The second-order valence-corrected chi connectivity index (χ2v) is 3.32. The monoisotopic (exact) mass is 206 g/mol. The molecule has 1 heterocycles. The van der Waals surface area contributed by atoms with Crippen molar-refractivity contribution in [2.24, 2.45) is 0 Å². The van der Waals surface area contributed by atoms with Gasteiger partial charge in [-0.15, -0.1) is 0 Å². The lowest BCUT2D eigenvalue weighted by Gasteiger charge is -2.28. The Hall–Kier alpha value is -2.04. The topological polar surface area (TPSA) is 69.6 Å². The van der Waals surface area contributed by atoms with Crippen LogP contribution in [0, 0.1) is 0 Å². The number of nitrogens with zero attached hydrogens (tertiary/aromatic N) is 1. The summed E-state index contributed by atoms with van der Waals surface area (Å²) in [6.45, 7) is -0.326. The fourth-order valence-electron chi connectivity index (χ4n) is 1.51. The molecule has 0 aromatic heterocycles. The Balaban J connectivity index is 2.22. The van der Waals surface area contributed by atoms with Crippen molar-refractivity contribution in [1.29, 1.82) is 0 Å². The van der Waals surface area contributed by atoms with Crippen molar-refractivity contribution in [2.45, 2.75) is 6.42 Å². The van der Waals surface area contributed by atoms with Gasteiger partial charge in [0, 0.05) is 0 Å². The summed E-state index contributed by atoms with van der Waals surface area (Å²) in [4.78, 5) is 22.0. The molecule has 0 aliphatic carbocycles. The van der Waals surface area contributed by atoms with Gasteiger partial charge in [0.05, 0.1) is 12.1 Å². The van der Waals surface area contributed by atoms with Crippen LogP contribution in [0.1, 0.15) is 5.56 Å². The lowest BCUT2D eigenvalue weighted by molar-refractivity contribution is -0.143. The van der Waals surface area contributed by atoms with Crippen LogP contribution in [-0.2, 0) is 16.0 Å². The van der Waals surface area contributed by atoms with Crippen molar-refractivity contribution in [3.8, 4) is 0 Å². The van der Waals surface area contributed by atoms with Crippen molar-refractivity contribution in [1.82, 2.24) is 5.01 Å². The molecule has 0 unspecified atom stereocenters. The molecule has 0 spiro atoms. The van der Waals surface area contributed by atoms with Crippen molar-refractivity contribution in [2.75, 3.05) is 12.0 Å². The highest BCUT2D eigenvalue weighted by molar-refractivity contribution is 5.87. The second kappa shape index (κ2) is 3.61. The Morgan fingerprint density at radius 2 is 2.20 bits per heavy atom. The number of aliphatic carboxylic acids is 1. The van der Waals surface area contributed by atoms with E-state index in [0.29, 0.717) is 0 Å². The Labute approximate surface area is 86.3 Å². The first kappa shape index (κ1) is 9.51. The molecule has 78 valence electrons. The van der Waals surface area contributed by atoms with Crippen LogP contribution in [0.4, 0.5) is 5.69 Å². The van der Waals surface area contributed by atoms with Crippen LogP contribution in [0.2, 0.25) is 0 Å². The molecule has 0 saturated carbocycles. The molecule has 1 aromatic carbocycles. The normalized spacial score (nSPS) is 14.4. The zero-order valence-corrected chi connectivity index (χ0v) is 7.93. The molecule has 1 aliphatic rings. The van der Waals surface area contributed by atoms with Crippen LogP contribution in [0.25, 0.3) is 0 Å². The lowest BCUT2D eigenvalue weighted by atomic mass is 10.1. The molecule has 2 rings (SSSR count). The molecule has 5 nitrogen and oxygen atoms in total. The molecular weight excluding hydrogens is 196 g/mol. The third-order valence-electron chi connectivity index (χ3n) is 2.21. The number of fused-ring (bicyclic) bond motifs is 1. The Morgan fingerprint density at radius 3 is 2.93 bits per heavy atom. The van der Waals surface area contributed by atoms with Gasteiger partial charge in [0.2, 0.25) is 5.91 Å². The zero-order valence-electron chi connectivity index (χ0n) is 7.93. The number of rotatable bonds is 2. The number of anilines is 1. The van der Waals surface area contributed by atoms with E-state index in [-0.39, 0.29) is 18.9 Å². The highest BCUT2D eigenvalue weighted by atomic mass is 16.4. The van der Waals surface area contributed by atoms with E-state index < -0.39 is 5.97 Å². The minimum atomic E-state index is -1.03. The number of benzene rings is 1. The summed E-state index contributed by atoms with van der Waals surface area (Å²) >= 11 is 0. The van der Waals surface area contributed by atoms with Crippen LogP contribution in [-0.4, -0.2) is 28.5 Å². The minimum Gasteiger partial charge on any atom is -0.480 e. The fraction of sp³-hybridized carbons (Fsp3) is 0.200. The number of carbonyl (C=O) groups excluding carboxylic acids is 1. The van der Waals surface area contributed by atoms with Crippen molar-refractivity contribution >= 4 is 17.6 Å². The number of carboxylic acids is 1. The van der Waals surface area contributed by atoms with Crippen molar-refractivity contribution in [3.63, 3.8) is 0 Å². The number of hydrogen-bond acceptors (Lipinski definition) is 3. The maximum absolute atomic E-state index is 11.5. The number of nitrogens with one attached hydrogen (secondary N) is 1. The molecule has 1 aromatic rings. The summed E-state index contributed by atoms with van der Waals surface area (Å²) in [5.74, 6) is -1.26. The smallest absolute Gasteiger partial charge is 0.325 e. The number of hydrogen-bond donors (Lipinski definition) is 2. The molecule has 15 heavy (non-hydrogen) atoms. The van der Waals surface area contributed by atoms with Crippen LogP contribution >= 0.6 is 0 Å². The van der Waals surface area contributed by atoms with Gasteiger partial charge in [0.25, 0.3) is 0 Å². The standard InChI is InChI=1S/C10H10N2O3/c13-9-5-7-3-1-2-4-8(7)11-12(9)6-10(14)15/h1-4,11H,5-6H2,(H,14,15). The van der Waals surface area contributed by atoms with E-state index in [0.717, 1.165) is 16.3 Å². The van der Waals surface area contributed by atoms with E-state index in [2.05, 4.69) is 5.43 Å². The van der Waals surface area contributed by atoms with Gasteiger partial charge in [-0.05, 0) is 11.6 Å². The SMILES string of the molecule is O=C(O)CN1Nc2ccccc2CC1=O. The number of carboxylic acid groups (broad SMARTS) is 1. The molecule has 0 saturated heterocycles. The van der Waals surface area contributed by atoms with E-state index in [1.54, 1.807) is 0 Å². The molecule has 2 N–H and O–H groups in total. The Bertz CT molecular complexity index is 417. The van der Waals surface area contributed by atoms with Gasteiger partial charge in [0.15, 0.2) is 0 Å². The lowest BCUT2D eigenvalue weighted by Crippen LogP contribution is -2.43. The molecule has 1 aliphatic heterocycles. The number of carbonyl (C=O) groups is 2. The molecule has 1 amide bonds. The average molecular weight is 206 g/mol. The first-order valence-electron chi connectivity index (χ1n) is 4.53. The summed E-state index contributed by atoms with van der Waals surface area (Å²) in [6.07, 6.45) is 0.246. The minimum absolute atomic E-state index is 0.226. The van der Waals surface area contributed by atoms with E-state index in [9.17, 15) is 9.59 Å². The van der Waals surface area contributed by atoms with E-state index >= 15 is 0 Å². The molecule has 5 heteroatoms. The Kier molecular flexibility index (Phi) is 2.29. The van der Waals surface area contributed by atoms with E-state index in [1.165, 1.54) is 0 Å². The largest absolute Gasteiger partial charge is 0.480 e. The summed E-state index contributed by atoms with van der Waals surface area (Å²) in [6, 6.07) is 7.34. The summed E-state index contributed by atoms with van der Waals surface area (Å²) < 4.78 is 0. The molecule has 0 fully saturated rings. The van der Waals surface area contributed by atoms with Gasteiger partial charge in [-0.1, -0.05) is 18.2 Å². The van der Waals surface area contributed by atoms with Crippen LogP contribution in [0.3, 0.4) is 0 Å². The predicted octanol–water partition coefficient (Wildman–Crippen LogP) is 0.483. The fourth-order valence-corrected chi connectivity index (χ4v) is 1.51. The van der Waals surface area contributed by atoms with E-state index in [1.807, 2.05) is 24.3 Å². The van der Waals surface area contributed by atoms with Gasteiger partial charge in [-0.25, -0.2) is 5.01 Å². The third kappa shape index (κ3) is 1.90. The number of hydrazine groups is 1. The summed E-state index contributed by atoms with van der Waals surface area (Å²) in [5.41, 5.74) is 4.46. The maximum atomic E-state index is 11.5. The quantitative estimate of drug-likeness (QED) is 0.738. The van der Waals surface area contributed by atoms with Crippen LogP contribution in [0.5, 0.6) is 0 Å². The number of para-hydroxylation sites is 1. The first-order valence-corrected chi connectivity index (χ1v) is 4.53. The molecule has 0 radical (unpaired) electrons. The average Bonchev–Trinajstić information content (AvgIpc) is 2.18. The van der Waals surface area contributed by atoms with Crippen molar-refractivity contribution < 1.29 is 14.7 Å². The van der Waals surface area contributed by atoms with Gasteiger partial charge >= 0.3 is 5.97 Å². The van der Waals surface area contributed by atoms with Gasteiger partial charge in [0.1, 0.15) is 6.54 Å². The summed E-state index contributed by atoms with van der Waals surface area (Å²) in [7, 11) is 0. The molecular formula is C10H10N2O3. The van der Waals surface area contributed by atoms with Crippen molar-refractivity contribution in [3.05, 3.63) is 29.8 Å². The molecule has 0 bridgehead atoms.